The molecule has 0 radical (unpaired) electrons. The van der Waals surface area contributed by atoms with Crippen LogP contribution in [0.25, 0.3) is 0 Å². The molecule has 1 rings (SSSR count). The van der Waals surface area contributed by atoms with Crippen LogP contribution in [0.4, 0.5) is 5.95 Å². The third-order valence-corrected chi connectivity index (χ3v) is 3.66. The first-order valence-electron chi connectivity index (χ1n) is 5.52. The fraction of sp³-hybridized carbons (Fsp3) is 0.500. The number of carbonyl (C=O) groups is 1. The Labute approximate surface area is 121 Å². The number of nitrogens with zero attached hydrogens (tertiary/aromatic N) is 2. The number of aromatic nitrogens is 2. The van der Waals surface area contributed by atoms with Crippen molar-refractivity contribution in [2.75, 3.05) is 24.7 Å². The predicted octanol–water partition coefficient (Wildman–Crippen LogP) is 0.833. The molecule has 0 aliphatic carbocycles. The molecule has 1 aromatic heterocycles. The van der Waals surface area contributed by atoms with Crippen molar-refractivity contribution in [3.05, 3.63) is 11.2 Å². The average molecular weight is 324 g/mol. The van der Waals surface area contributed by atoms with Gasteiger partial charge in [-0.3, -0.25) is 9.52 Å². The number of esters is 1. The van der Waals surface area contributed by atoms with E-state index in [0.29, 0.717) is 0 Å². The van der Waals surface area contributed by atoms with Gasteiger partial charge in [0.05, 0.1) is 20.0 Å². The molecular formula is C10H14ClN3O5S. The van der Waals surface area contributed by atoms with E-state index in [1.165, 1.54) is 20.3 Å². The summed E-state index contributed by atoms with van der Waals surface area (Å²) in [5.74, 6) is -0.786. The Morgan fingerprint density at radius 3 is 2.70 bits per heavy atom. The van der Waals surface area contributed by atoms with Crippen LogP contribution in [0.5, 0.6) is 5.88 Å². The maximum Gasteiger partial charge on any atom is 0.305 e. The molecular weight excluding hydrogens is 310 g/mol. The quantitative estimate of drug-likeness (QED) is 0.585. The molecule has 0 aliphatic rings. The molecule has 1 aromatic rings. The molecule has 0 amide bonds. The summed E-state index contributed by atoms with van der Waals surface area (Å²) < 4.78 is 34.9. The van der Waals surface area contributed by atoms with Gasteiger partial charge in [-0.05, 0) is 6.42 Å². The number of hydrogen-bond acceptors (Lipinski definition) is 7. The largest absolute Gasteiger partial charge is 0.481 e. The average Bonchev–Trinajstić information content (AvgIpc) is 2.36. The van der Waals surface area contributed by atoms with Crippen molar-refractivity contribution in [1.82, 2.24) is 9.97 Å². The maximum absolute atomic E-state index is 11.8. The smallest absolute Gasteiger partial charge is 0.305 e. The molecule has 1 heterocycles. The van der Waals surface area contributed by atoms with Crippen molar-refractivity contribution in [2.45, 2.75) is 12.8 Å². The second-order valence-corrected chi connectivity index (χ2v) is 5.89. The number of halogens is 1. The standard InChI is InChI=1S/C10H14ClN3O5S/c1-18-8-6-7(11)12-10(13-8)14-20(16,17)5-3-4-9(15)19-2/h6H,3-5H2,1-2H3,(H,12,13,14). The monoisotopic (exact) mass is 323 g/mol. The van der Waals surface area contributed by atoms with Crippen LogP contribution in [0.15, 0.2) is 6.07 Å². The van der Waals surface area contributed by atoms with E-state index in [1.54, 1.807) is 0 Å². The third kappa shape index (κ3) is 5.57. The zero-order valence-corrected chi connectivity index (χ0v) is 12.5. The summed E-state index contributed by atoms with van der Waals surface area (Å²) >= 11 is 5.70. The summed E-state index contributed by atoms with van der Waals surface area (Å²) in [5, 5.41) is 0.0455. The zero-order valence-electron chi connectivity index (χ0n) is 10.9. The third-order valence-electron chi connectivity index (χ3n) is 2.15. The van der Waals surface area contributed by atoms with Gasteiger partial charge in [0.1, 0.15) is 5.15 Å². The van der Waals surface area contributed by atoms with Gasteiger partial charge in [-0.1, -0.05) is 11.6 Å². The van der Waals surface area contributed by atoms with Gasteiger partial charge in [0.2, 0.25) is 21.9 Å². The van der Waals surface area contributed by atoms with Crippen LogP contribution >= 0.6 is 11.6 Å². The molecule has 0 saturated carbocycles. The molecule has 0 bridgehead atoms. The Kier molecular flexibility index (Phi) is 5.96. The Morgan fingerprint density at radius 2 is 2.10 bits per heavy atom. The summed E-state index contributed by atoms with van der Waals surface area (Å²) in [7, 11) is -1.07. The first kappa shape index (κ1) is 16.4. The minimum atomic E-state index is -3.68. The molecule has 0 unspecified atom stereocenters. The molecule has 0 spiro atoms. The van der Waals surface area contributed by atoms with Crippen molar-refractivity contribution < 1.29 is 22.7 Å². The Morgan fingerprint density at radius 1 is 1.40 bits per heavy atom. The van der Waals surface area contributed by atoms with Gasteiger partial charge in [0, 0.05) is 12.5 Å². The lowest BCUT2D eigenvalue weighted by Gasteiger charge is -2.07. The number of methoxy groups -OCH3 is 2. The highest BCUT2D eigenvalue weighted by molar-refractivity contribution is 7.92. The fourth-order valence-corrected chi connectivity index (χ4v) is 2.42. The second-order valence-electron chi connectivity index (χ2n) is 3.66. The van der Waals surface area contributed by atoms with Crippen LogP contribution in [0.2, 0.25) is 5.15 Å². The van der Waals surface area contributed by atoms with E-state index in [1.807, 2.05) is 0 Å². The number of hydrogen-bond donors (Lipinski definition) is 1. The number of sulfonamides is 1. The van der Waals surface area contributed by atoms with Crippen LogP contribution in [-0.4, -0.2) is 44.3 Å². The summed E-state index contributed by atoms with van der Waals surface area (Å²) in [6, 6.07) is 1.34. The summed E-state index contributed by atoms with van der Waals surface area (Å²) in [6.45, 7) is 0. The van der Waals surface area contributed by atoms with Crippen molar-refractivity contribution in [3.63, 3.8) is 0 Å². The molecule has 0 saturated heterocycles. The molecule has 112 valence electrons. The second kappa shape index (κ2) is 7.25. The van der Waals surface area contributed by atoms with Crippen LogP contribution in [0.3, 0.4) is 0 Å². The number of rotatable bonds is 7. The van der Waals surface area contributed by atoms with E-state index in [-0.39, 0.29) is 35.6 Å². The predicted molar refractivity (Wildman–Crippen MR) is 72.3 cm³/mol. The summed E-state index contributed by atoms with van der Waals surface area (Å²) in [4.78, 5) is 18.4. The first-order valence-corrected chi connectivity index (χ1v) is 7.55. The van der Waals surface area contributed by atoms with Gasteiger partial charge < -0.3 is 9.47 Å². The van der Waals surface area contributed by atoms with E-state index >= 15 is 0 Å². The summed E-state index contributed by atoms with van der Waals surface area (Å²) in [5.41, 5.74) is 0. The molecule has 0 aliphatic heterocycles. The van der Waals surface area contributed by atoms with Gasteiger partial charge in [0.15, 0.2) is 0 Å². The topological polar surface area (TPSA) is 107 Å². The number of anilines is 1. The Hall–Kier alpha value is -1.61. The molecule has 0 fully saturated rings. The highest BCUT2D eigenvalue weighted by Gasteiger charge is 2.14. The van der Waals surface area contributed by atoms with E-state index in [4.69, 9.17) is 16.3 Å². The molecule has 1 N–H and O–H groups in total. The molecule has 0 aromatic carbocycles. The van der Waals surface area contributed by atoms with Crippen molar-refractivity contribution in [1.29, 1.82) is 0 Å². The summed E-state index contributed by atoms with van der Waals surface area (Å²) in [6.07, 6.45) is 0.136. The van der Waals surface area contributed by atoms with Crippen LogP contribution in [0, 0.1) is 0 Å². The van der Waals surface area contributed by atoms with Gasteiger partial charge in [-0.15, -0.1) is 0 Å². The van der Waals surface area contributed by atoms with E-state index in [0.717, 1.165) is 0 Å². The van der Waals surface area contributed by atoms with Gasteiger partial charge >= 0.3 is 5.97 Å². The highest BCUT2D eigenvalue weighted by Crippen LogP contribution is 2.16. The number of nitrogens with one attached hydrogen (secondary N) is 1. The van der Waals surface area contributed by atoms with E-state index < -0.39 is 16.0 Å². The Bertz CT molecular complexity index is 578. The maximum atomic E-state index is 11.8. The molecule has 8 nitrogen and oxygen atoms in total. The van der Waals surface area contributed by atoms with Gasteiger partial charge in [0.25, 0.3) is 0 Å². The zero-order chi connectivity index (χ0) is 15.2. The Balaban J connectivity index is 2.66. The SMILES string of the molecule is COC(=O)CCCS(=O)(=O)Nc1nc(Cl)cc(OC)n1. The molecule has 10 heteroatoms. The molecule has 0 atom stereocenters. The van der Waals surface area contributed by atoms with E-state index in [2.05, 4.69) is 19.4 Å². The lowest BCUT2D eigenvalue weighted by Crippen LogP contribution is -2.19. The minimum Gasteiger partial charge on any atom is -0.481 e. The van der Waals surface area contributed by atoms with Crippen molar-refractivity contribution in [2.24, 2.45) is 0 Å². The molecule has 20 heavy (non-hydrogen) atoms. The lowest BCUT2D eigenvalue weighted by molar-refractivity contribution is -0.140. The van der Waals surface area contributed by atoms with Crippen LogP contribution < -0.4 is 9.46 Å². The normalized spacial score (nSPS) is 10.9. The minimum absolute atomic E-state index is 0.0110. The van der Waals surface area contributed by atoms with E-state index in [9.17, 15) is 13.2 Å². The fourth-order valence-electron chi connectivity index (χ4n) is 1.25. The van der Waals surface area contributed by atoms with Crippen LogP contribution in [-0.2, 0) is 19.6 Å². The van der Waals surface area contributed by atoms with Crippen molar-refractivity contribution in [3.8, 4) is 5.88 Å². The lowest BCUT2D eigenvalue weighted by atomic mass is 10.3. The van der Waals surface area contributed by atoms with Gasteiger partial charge in [-0.2, -0.15) is 4.98 Å². The number of ether oxygens (including phenoxy) is 2. The number of carbonyl (C=O) groups excluding carboxylic acids is 1. The van der Waals surface area contributed by atoms with Gasteiger partial charge in [-0.25, -0.2) is 13.4 Å². The highest BCUT2D eigenvalue weighted by atomic mass is 35.5. The van der Waals surface area contributed by atoms with Crippen LogP contribution in [0.1, 0.15) is 12.8 Å². The van der Waals surface area contributed by atoms with Crippen molar-refractivity contribution >= 4 is 33.5 Å². The first-order chi connectivity index (χ1) is 9.36.